The van der Waals surface area contributed by atoms with Gasteiger partial charge in [0.15, 0.2) is 5.69 Å². The van der Waals surface area contributed by atoms with Crippen molar-refractivity contribution >= 4 is 39.1 Å². The molecule has 0 bridgehead atoms. The number of hydrogen-bond donors (Lipinski definition) is 2. The van der Waals surface area contributed by atoms with Gasteiger partial charge in [0.05, 0.1) is 21.8 Å². The molecule has 5 heteroatoms. The number of nitrogens with zero attached hydrogens (tertiary/aromatic N) is 1. The van der Waals surface area contributed by atoms with Gasteiger partial charge in [0.25, 0.3) is 0 Å². The van der Waals surface area contributed by atoms with Gasteiger partial charge in [-0.05, 0) is 61.2 Å². The molecular formula is C28H31ClN2O2. The Labute approximate surface area is 201 Å². The second-order valence-electron chi connectivity index (χ2n) is 8.46. The monoisotopic (exact) mass is 462 g/mol. The number of halogens is 1. The maximum absolute atomic E-state index is 10.5. The third-order valence-electron chi connectivity index (χ3n) is 6.03. The number of hydrogen-bond acceptors (Lipinski definition) is 2. The maximum atomic E-state index is 10.5. The minimum absolute atomic E-state index is 0. The number of aromatic nitrogens is 1. The Morgan fingerprint density at radius 1 is 0.727 bits per heavy atom. The zero-order chi connectivity index (χ0) is 22.2. The highest BCUT2D eigenvalue weighted by molar-refractivity contribution is 6.03. The summed E-state index contributed by atoms with van der Waals surface area (Å²) >= 11 is 0. The second kappa shape index (κ2) is 12.3. The molecule has 3 aromatic carbocycles. The van der Waals surface area contributed by atoms with Crippen LogP contribution in [0.5, 0.6) is 0 Å². The smallest absolute Gasteiger partial charge is 0.303 e. The summed E-state index contributed by atoms with van der Waals surface area (Å²) in [6.07, 6.45) is 7.93. The van der Waals surface area contributed by atoms with E-state index in [2.05, 4.69) is 66.0 Å². The number of pyridine rings is 1. The number of para-hydroxylation sites is 2. The Bertz CT molecular complexity index is 1140. The summed E-state index contributed by atoms with van der Waals surface area (Å²) in [5, 5.41) is 13.3. The topological polar surface area (TPSA) is 66.8 Å². The van der Waals surface area contributed by atoms with Crippen molar-refractivity contribution in [1.82, 2.24) is 4.98 Å². The molecule has 4 nitrogen and oxygen atoms in total. The molecular weight excluding hydrogens is 432 g/mol. The Morgan fingerprint density at radius 2 is 1.27 bits per heavy atom. The van der Waals surface area contributed by atoms with Crippen LogP contribution >= 0.6 is 0 Å². The number of fused-ring (bicyclic) bond motifs is 2. The normalized spacial score (nSPS) is 10.9. The summed E-state index contributed by atoms with van der Waals surface area (Å²) in [6.45, 7) is 0. The van der Waals surface area contributed by atoms with E-state index < -0.39 is 5.97 Å². The predicted octanol–water partition coefficient (Wildman–Crippen LogP) is 3.28. The van der Waals surface area contributed by atoms with Crippen molar-refractivity contribution in [3.8, 4) is 0 Å². The standard InChI is InChI=1S/C28H30N2O2.ClH/c31-27(32)16-6-4-2-1-3-5-11-21-17-19-22(20-18-21)29-28-23-12-7-9-14-25(23)30-26-15-10-8-13-24(26)28;/h7-10,12-15,17-20H,1-6,11,16H2,(H,29,30)(H,31,32);1H. The van der Waals surface area contributed by atoms with Gasteiger partial charge in [0.2, 0.25) is 0 Å². The Morgan fingerprint density at radius 3 is 1.88 bits per heavy atom. The molecule has 4 rings (SSSR count). The molecule has 4 aromatic rings. The molecule has 0 spiro atoms. The van der Waals surface area contributed by atoms with Crippen LogP contribution in [0.25, 0.3) is 21.8 Å². The van der Waals surface area contributed by atoms with Crippen molar-refractivity contribution in [2.75, 3.05) is 0 Å². The highest BCUT2D eigenvalue weighted by Crippen LogP contribution is 2.28. The van der Waals surface area contributed by atoms with E-state index in [4.69, 9.17) is 10.1 Å². The third-order valence-corrected chi connectivity index (χ3v) is 6.03. The molecule has 0 atom stereocenters. The zero-order valence-electron chi connectivity index (χ0n) is 18.8. The van der Waals surface area contributed by atoms with E-state index in [1.807, 2.05) is 12.1 Å². The van der Waals surface area contributed by atoms with Gasteiger partial charge >= 0.3 is 5.97 Å². The first-order chi connectivity index (χ1) is 15.7. The number of nitrogens with two attached hydrogens (primary N) is 1. The predicted molar refractivity (Wildman–Crippen MR) is 131 cm³/mol. The average Bonchev–Trinajstić information content (AvgIpc) is 2.81. The van der Waals surface area contributed by atoms with E-state index in [0.717, 1.165) is 36.7 Å². The van der Waals surface area contributed by atoms with Gasteiger partial charge in [-0.25, -0.2) is 4.98 Å². The lowest BCUT2D eigenvalue weighted by Crippen LogP contribution is -3.00. The molecule has 1 aromatic heterocycles. The molecule has 1 heterocycles. The second-order valence-corrected chi connectivity index (χ2v) is 8.46. The highest BCUT2D eigenvalue weighted by atomic mass is 35.5. The number of rotatable bonds is 11. The quantitative estimate of drug-likeness (QED) is 0.204. The fourth-order valence-corrected chi connectivity index (χ4v) is 4.29. The summed E-state index contributed by atoms with van der Waals surface area (Å²) in [4.78, 5) is 15.3. The largest absolute Gasteiger partial charge is 1.00 e. The lowest BCUT2D eigenvalue weighted by Gasteiger charge is -2.09. The molecule has 172 valence electrons. The SMILES string of the molecule is O=C(O)CCCCCCCCc1ccc([NH2+]c2c3ccccc3nc3ccccc23)cc1.[Cl-]. The lowest BCUT2D eigenvalue weighted by molar-refractivity contribution is -0.475. The van der Waals surface area contributed by atoms with E-state index in [-0.39, 0.29) is 12.4 Å². The molecule has 0 aliphatic rings. The van der Waals surface area contributed by atoms with Crippen LogP contribution in [0.2, 0.25) is 0 Å². The first-order valence-corrected chi connectivity index (χ1v) is 11.6. The number of aryl methyl sites for hydroxylation is 1. The molecule has 0 fully saturated rings. The maximum Gasteiger partial charge on any atom is 0.303 e. The van der Waals surface area contributed by atoms with E-state index in [9.17, 15) is 4.79 Å². The van der Waals surface area contributed by atoms with Crippen molar-refractivity contribution in [1.29, 1.82) is 0 Å². The molecule has 3 N–H and O–H groups in total. The van der Waals surface area contributed by atoms with Gasteiger partial charge < -0.3 is 17.5 Å². The molecule has 0 aliphatic heterocycles. The Balaban J connectivity index is 0.00000306. The third kappa shape index (κ3) is 6.77. The van der Waals surface area contributed by atoms with Gasteiger partial charge in [0, 0.05) is 6.42 Å². The van der Waals surface area contributed by atoms with Gasteiger partial charge in [-0.15, -0.1) is 0 Å². The van der Waals surface area contributed by atoms with E-state index in [1.54, 1.807) is 0 Å². The fraction of sp³-hybridized carbons (Fsp3) is 0.286. The van der Waals surface area contributed by atoms with E-state index in [1.165, 1.54) is 47.0 Å². The molecule has 0 saturated heterocycles. The fourth-order valence-electron chi connectivity index (χ4n) is 4.29. The van der Waals surface area contributed by atoms with Crippen LogP contribution in [0.4, 0.5) is 11.4 Å². The molecule has 33 heavy (non-hydrogen) atoms. The van der Waals surface area contributed by atoms with Crippen LogP contribution in [0.15, 0.2) is 72.8 Å². The van der Waals surface area contributed by atoms with Crippen LogP contribution < -0.4 is 17.7 Å². The highest BCUT2D eigenvalue weighted by Gasteiger charge is 2.13. The van der Waals surface area contributed by atoms with Crippen LogP contribution in [-0.2, 0) is 11.2 Å². The molecule has 0 saturated carbocycles. The van der Waals surface area contributed by atoms with Gasteiger partial charge in [0.1, 0.15) is 5.69 Å². The van der Waals surface area contributed by atoms with Gasteiger partial charge in [-0.3, -0.25) is 10.1 Å². The van der Waals surface area contributed by atoms with Crippen molar-refractivity contribution in [3.63, 3.8) is 0 Å². The number of quaternary nitrogens is 1. The minimum Gasteiger partial charge on any atom is -1.00 e. The van der Waals surface area contributed by atoms with Crippen LogP contribution in [0.1, 0.15) is 50.5 Å². The molecule has 0 aliphatic carbocycles. The number of unbranched alkanes of at least 4 members (excludes halogenated alkanes) is 5. The molecule has 0 unspecified atom stereocenters. The summed E-state index contributed by atoms with van der Waals surface area (Å²) in [6, 6.07) is 25.6. The van der Waals surface area contributed by atoms with Crippen molar-refractivity contribution in [2.24, 2.45) is 0 Å². The molecule has 0 amide bonds. The van der Waals surface area contributed by atoms with E-state index in [0.29, 0.717) is 6.42 Å². The number of carboxylic acids is 1. The minimum atomic E-state index is -0.684. The van der Waals surface area contributed by atoms with Gasteiger partial charge in [-0.1, -0.05) is 62.1 Å². The lowest BCUT2D eigenvalue weighted by atomic mass is 10.0. The zero-order valence-corrected chi connectivity index (χ0v) is 19.6. The van der Waals surface area contributed by atoms with Crippen LogP contribution in [-0.4, -0.2) is 16.1 Å². The van der Waals surface area contributed by atoms with Crippen molar-refractivity contribution in [3.05, 3.63) is 78.4 Å². The first-order valence-electron chi connectivity index (χ1n) is 11.6. The number of carboxylic acid groups (broad SMARTS) is 1. The van der Waals surface area contributed by atoms with E-state index >= 15 is 0 Å². The van der Waals surface area contributed by atoms with Crippen molar-refractivity contribution in [2.45, 2.75) is 51.4 Å². The number of benzene rings is 3. The summed E-state index contributed by atoms with van der Waals surface area (Å²) in [5.41, 5.74) is 5.85. The number of aliphatic carboxylic acids is 1. The summed E-state index contributed by atoms with van der Waals surface area (Å²) in [7, 11) is 0. The average molecular weight is 463 g/mol. The summed E-state index contributed by atoms with van der Waals surface area (Å²) < 4.78 is 0. The summed E-state index contributed by atoms with van der Waals surface area (Å²) in [5.74, 6) is -0.684. The van der Waals surface area contributed by atoms with Crippen LogP contribution in [0, 0.1) is 0 Å². The van der Waals surface area contributed by atoms with Gasteiger partial charge in [-0.2, -0.15) is 0 Å². The van der Waals surface area contributed by atoms with Crippen molar-refractivity contribution < 1.29 is 27.6 Å². The van der Waals surface area contributed by atoms with Crippen LogP contribution in [0.3, 0.4) is 0 Å². The molecule has 0 radical (unpaired) electrons. The Kier molecular flexibility index (Phi) is 9.23. The number of carbonyl (C=O) groups is 1. The first kappa shape index (κ1) is 24.7. The Hall–Kier alpha value is -2.95.